The molecule has 7 nitrogen and oxygen atoms in total. The summed E-state index contributed by atoms with van der Waals surface area (Å²) in [6.07, 6.45) is 5.94. The summed E-state index contributed by atoms with van der Waals surface area (Å²) < 4.78 is 12.9. The second-order valence-electron chi connectivity index (χ2n) is 8.63. The summed E-state index contributed by atoms with van der Waals surface area (Å²) in [5, 5.41) is 0. The molecule has 5 rings (SSSR count). The first-order chi connectivity index (χ1) is 17.6. The van der Waals surface area contributed by atoms with Crippen molar-refractivity contribution in [3.05, 3.63) is 89.8 Å². The van der Waals surface area contributed by atoms with E-state index in [0.29, 0.717) is 24.6 Å². The number of hydrogen-bond acceptors (Lipinski definition) is 5. The van der Waals surface area contributed by atoms with Crippen molar-refractivity contribution >= 4 is 12.0 Å². The predicted octanol–water partition coefficient (Wildman–Crippen LogP) is 4.76. The van der Waals surface area contributed by atoms with Crippen LogP contribution in [0.4, 0.5) is 0 Å². The molecule has 36 heavy (non-hydrogen) atoms. The third-order valence-corrected chi connectivity index (χ3v) is 6.48. The number of methoxy groups -OCH3 is 2. The number of carbonyl (C=O) groups is 1. The van der Waals surface area contributed by atoms with Crippen LogP contribution < -0.4 is 9.47 Å². The van der Waals surface area contributed by atoms with Crippen LogP contribution in [0.1, 0.15) is 16.8 Å². The SMILES string of the molecule is COc1cc2c(cc1OC)CN(C(=O)/C=C/c1nc(-c3ccccn3)n(C)c1-c1ccccc1)CC2. The third kappa shape index (κ3) is 4.47. The molecule has 0 aliphatic carbocycles. The standard InChI is InChI=1S/C29H28N4O3/c1-32-28(20-9-5-4-6-10-20)23(31-29(32)24-11-7-8-15-30-24)12-13-27(34)33-16-14-21-17-25(35-2)26(36-3)18-22(21)19-33/h4-13,15,17-18H,14,16,19H2,1-3H3/b13-12+. The minimum atomic E-state index is -0.0560. The highest BCUT2D eigenvalue weighted by atomic mass is 16.5. The Bertz CT molecular complexity index is 1410. The number of amides is 1. The summed E-state index contributed by atoms with van der Waals surface area (Å²) in [6, 6.07) is 19.8. The Labute approximate surface area is 210 Å². The van der Waals surface area contributed by atoms with Gasteiger partial charge in [-0.05, 0) is 47.9 Å². The van der Waals surface area contributed by atoms with Gasteiger partial charge in [-0.3, -0.25) is 9.78 Å². The van der Waals surface area contributed by atoms with Gasteiger partial charge in [0.15, 0.2) is 17.3 Å². The normalized spacial score (nSPS) is 13.0. The second-order valence-corrected chi connectivity index (χ2v) is 8.63. The highest BCUT2D eigenvalue weighted by Gasteiger charge is 2.22. The molecule has 0 radical (unpaired) electrons. The smallest absolute Gasteiger partial charge is 0.246 e. The summed E-state index contributed by atoms with van der Waals surface area (Å²) in [6.45, 7) is 1.16. The Kier molecular flexibility index (Phi) is 6.54. The van der Waals surface area contributed by atoms with E-state index in [1.54, 1.807) is 32.6 Å². The van der Waals surface area contributed by atoms with Crippen LogP contribution in [0.3, 0.4) is 0 Å². The first kappa shape index (κ1) is 23.4. The lowest BCUT2D eigenvalue weighted by molar-refractivity contribution is -0.126. The lowest BCUT2D eigenvalue weighted by Crippen LogP contribution is -2.34. The number of rotatable bonds is 6. The van der Waals surface area contributed by atoms with Gasteiger partial charge in [0.2, 0.25) is 5.91 Å². The van der Waals surface area contributed by atoms with Crippen molar-refractivity contribution < 1.29 is 14.3 Å². The number of imidazole rings is 1. The van der Waals surface area contributed by atoms with Gasteiger partial charge in [0, 0.05) is 38.0 Å². The molecule has 0 unspecified atom stereocenters. The average molecular weight is 481 g/mol. The molecular formula is C29H28N4O3. The van der Waals surface area contributed by atoms with Crippen molar-refractivity contribution in [2.45, 2.75) is 13.0 Å². The van der Waals surface area contributed by atoms with E-state index in [2.05, 4.69) is 4.98 Å². The molecule has 0 fully saturated rings. The number of fused-ring (bicyclic) bond motifs is 1. The van der Waals surface area contributed by atoms with Crippen LogP contribution >= 0.6 is 0 Å². The molecule has 2 aromatic carbocycles. The van der Waals surface area contributed by atoms with Crippen molar-refractivity contribution in [3.63, 3.8) is 0 Å². The van der Waals surface area contributed by atoms with Gasteiger partial charge in [-0.25, -0.2) is 4.98 Å². The molecule has 1 aliphatic heterocycles. The van der Waals surface area contributed by atoms with Gasteiger partial charge >= 0.3 is 0 Å². The Morgan fingerprint density at radius 1 is 0.972 bits per heavy atom. The largest absolute Gasteiger partial charge is 0.493 e. The van der Waals surface area contributed by atoms with Gasteiger partial charge < -0.3 is 18.9 Å². The van der Waals surface area contributed by atoms with Crippen LogP contribution in [-0.2, 0) is 24.8 Å². The van der Waals surface area contributed by atoms with Gasteiger partial charge in [0.25, 0.3) is 0 Å². The first-order valence-electron chi connectivity index (χ1n) is 11.8. The maximum absolute atomic E-state index is 13.2. The Hall–Kier alpha value is -4.39. The van der Waals surface area contributed by atoms with Crippen LogP contribution in [0.5, 0.6) is 11.5 Å². The molecule has 7 heteroatoms. The Morgan fingerprint density at radius 3 is 2.39 bits per heavy atom. The van der Waals surface area contributed by atoms with E-state index in [-0.39, 0.29) is 5.91 Å². The number of benzene rings is 2. The molecule has 2 aromatic heterocycles. The molecule has 1 amide bonds. The van der Waals surface area contributed by atoms with Crippen molar-refractivity contribution in [1.82, 2.24) is 19.4 Å². The average Bonchev–Trinajstić information content (AvgIpc) is 3.27. The molecular weight excluding hydrogens is 452 g/mol. The highest BCUT2D eigenvalue weighted by molar-refractivity contribution is 5.93. The number of ether oxygens (including phenoxy) is 2. The molecule has 0 bridgehead atoms. The maximum atomic E-state index is 13.2. The zero-order valence-corrected chi connectivity index (χ0v) is 20.6. The maximum Gasteiger partial charge on any atom is 0.246 e. The number of nitrogens with zero attached hydrogens (tertiary/aromatic N) is 4. The van der Waals surface area contributed by atoms with Crippen LogP contribution in [0.15, 0.2) is 72.9 Å². The van der Waals surface area contributed by atoms with Gasteiger partial charge in [-0.2, -0.15) is 0 Å². The zero-order valence-electron chi connectivity index (χ0n) is 20.6. The summed E-state index contributed by atoms with van der Waals surface area (Å²) in [5.41, 5.74) is 5.70. The monoisotopic (exact) mass is 480 g/mol. The number of aromatic nitrogens is 3. The van der Waals surface area contributed by atoms with Gasteiger partial charge in [-0.15, -0.1) is 0 Å². The predicted molar refractivity (Wildman–Crippen MR) is 140 cm³/mol. The molecule has 1 aliphatic rings. The lowest BCUT2D eigenvalue weighted by atomic mass is 9.98. The van der Waals surface area contributed by atoms with Gasteiger partial charge in [0.05, 0.1) is 25.6 Å². The first-order valence-corrected chi connectivity index (χ1v) is 11.8. The van der Waals surface area contributed by atoms with Crippen molar-refractivity contribution in [3.8, 4) is 34.3 Å². The summed E-state index contributed by atoms with van der Waals surface area (Å²) in [7, 11) is 5.23. The van der Waals surface area contributed by atoms with E-state index in [9.17, 15) is 4.79 Å². The van der Waals surface area contributed by atoms with E-state index >= 15 is 0 Å². The second kappa shape index (κ2) is 10.1. The minimum absolute atomic E-state index is 0.0560. The van der Waals surface area contributed by atoms with E-state index < -0.39 is 0 Å². The fourth-order valence-electron chi connectivity index (χ4n) is 4.62. The van der Waals surface area contributed by atoms with Crippen LogP contribution in [0.25, 0.3) is 28.9 Å². The molecule has 0 atom stereocenters. The van der Waals surface area contributed by atoms with E-state index in [1.165, 1.54) is 5.56 Å². The fraction of sp³-hybridized carbons (Fsp3) is 0.207. The molecule has 0 saturated heterocycles. The fourth-order valence-corrected chi connectivity index (χ4v) is 4.62. The van der Waals surface area contributed by atoms with E-state index in [1.807, 2.05) is 77.2 Å². The molecule has 0 N–H and O–H groups in total. The molecule has 0 saturated carbocycles. The highest BCUT2D eigenvalue weighted by Crippen LogP contribution is 2.33. The van der Waals surface area contributed by atoms with Crippen LogP contribution in [0, 0.1) is 0 Å². The quantitative estimate of drug-likeness (QED) is 0.372. The number of carbonyl (C=O) groups excluding carboxylic acids is 1. The van der Waals surface area contributed by atoms with Crippen LogP contribution in [0.2, 0.25) is 0 Å². The Balaban J connectivity index is 1.44. The Morgan fingerprint density at radius 2 is 1.69 bits per heavy atom. The zero-order chi connectivity index (χ0) is 25.1. The van der Waals surface area contributed by atoms with Gasteiger partial charge in [-0.1, -0.05) is 36.4 Å². The minimum Gasteiger partial charge on any atom is -0.493 e. The third-order valence-electron chi connectivity index (χ3n) is 6.48. The van der Waals surface area contributed by atoms with Crippen molar-refractivity contribution in [2.75, 3.05) is 20.8 Å². The topological polar surface area (TPSA) is 69.5 Å². The van der Waals surface area contributed by atoms with Gasteiger partial charge in [0.1, 0.15) is 5.69 Å². The summed E-state index contributed by atoms with van der Waals surface area (Å²) >= 11 is 0. The molecule has 4 aromatic rings. The van der Waals surface area contributed by atoms with Crippen LogP contribution in [-0.4, -0.2) is 46.1 Å². The summed E-state index contributed by atoms with van der Waals surface area (Å²) in [5.74, 6) is 2.07. The molecule has 182 valence electrons. The number of hydrogen-bond donors (Lipinski definition) is 0. The number of pyridine rings is 1. The van der Waals surface area contributed by atoms with E-state index in [4.69, 9.17) is 14.5 Å². The summed E-state index contributed by atoms with van der Waals surface area (Å²) in [4.78, 5) is 24.4. The lowest BCUT2D eigenvalue weighted by Gasteiger charge is -2.28. The molecule has 3 heterocycles. The molecule has 0 spiro atoms. The van der Waals surface area contributed by atoms with Crippen molar-refractivity contribution in [2.24, 2.45) is 7.05 Å². The van der Waals surface area contributed by atoms with Crippen molar-refractivity contribution in [1.29, 1.82) is 0 Å². The van der Waals surface area contributed by atoms with E-state index in [0.717, 1.165) is 40.5 Å².